The summed E-state index contributed by atoms with van der Waals surface area (Å²) in [5, 5.41) is 2.85. The molecule has 1 unspecified atom stereocenters. The molecule has 0 heterocycles. The van der Waals surface area contributed by atoms with Gasteiger partial charge >= 0.3 is 5.97 Å². The predicted molar refractivity (Wildman–Crippen MR) is 116 cm³/mol. The summed E-state index contributed by atoms with van der Waals surface area (Å²) < 4.78 is 16.0. The first kappa shape index (κ1) is 23.0. The maximum absolute atomic E-state index is 12.8. The van der Waals surface area contributed by atoms with Crippen LogP contribution in [0.2, 0.25) is 0 Å². The molecule has 2 aromatic rings. The summed E-state index contributed by atoms with van der Waals surface area (Å²) in [5.74, 6) is -0.0790. The molecule has 0 spiro atoms. The van der Waals surface area contributed by atoms with Gasteiger partial charge in [0.2, 0.25) is 0 Å². The van der Waals surface area contributed by atoms with E-state index in [1.54, 1.807) is 32.2 Å². The van der Waals surface area contributed by atoms with Gasteiger partial charge in [-0.2, -0.15) is 0 Å². The molecule has 0 fully saturated rings. The molecule has 160 valence electrons. The lowest BCUT2D eigenvalue weighted by Gasteiger charge is -2.18. The number of amides is 1. The zero-order valence-electron chi connectivity index (χ0n) is 17.8. The van der Waals surface area contributed by atoms with E-state index in [9.17, 15) is 9.59 Å². The number of rotatable bonds is 11. The summed E-state index contributed by atoms with van der Waals surface area (Å²) in [5.41, 5.74) is 2.22. The van der Waals surface area contributed by atoms with Crippen LogP contribution in [-0.2, 0) is 22.4 Å². The van der Waals surface area contributed by atoms with Gasteiger partial charge in [-0.15, -0.1) is 6.58 Å². The summed E-state index contributed by atoms with van der Waals surface area (Å²) in [7, 11) is 3.07. The van der Waals surface area contributed by atoms with Crippen molar-refractivity contribution >= 4 is 11.9 Å². The van der Waals surface area contributed by atoms with Crippen molar-refractivity contribution in [3.8, 4) is 11.5 Å². The van der Waals surface area contributed by atoms with Crippen LogP contribution in [0.15, 0.2) is 55.1 Å². The molecule has 0 aliphatic carbocycles. The zero-order chi connectivity index (χ0) is 21.9. The molecule has 2 rings (SSSR count). The monoisotopic (exact) mass is 411 g/mol. The Hall–Kier alpha value is -3.28. The van der Waals surface area contributed by atoms with Crippen LogP contribution < -0.4 is 14.8 Å². The molecule has 0 radical (unpaired) electrons. The summed E-state index contributed by atoms with van der Waals surface area (Å²) in [6.45, 7) is 5.97. The van der Waals surface area contributed by atoms with E-state index in [4.69, 9.17) is 14.2 Å². The third kappa shape index (κ3) is 6.11. The van der Waals surface area contributed by atoms with E-state index in [0.29, 0.717) is 36.5 Å². The Kier molecular flexibility index (Phi) is 8.94. The molecule has 6 heteroatoms. The first-order chi connectivity index (χ1) is 14.5. The van der Waals surface area contributed by atoms with Crippen molar-refractivity contribution in [1.82, 2.24) is 5.32 Å². The van der Waals surface area contributed by atoms with Crippen LogP contribution in [0.25, 0.3) is 0 Å². The molecular formula is C24H29NO5. The number of methoxy groups -OCH3 is 2. The summed E-state index contributed by atoms with van der Waals surface area (Å²) in [6, 6.07) is 13.0. The lowest BCUT2D eigenvalue weighted by atomic mass is 9.99. The number of hydrogen-bond acceptors (Lipinski definition) is 5. The number of nitrogens with one attached hydrogen (secondary N) is 1. The molecule has 0 aliphatic rings. The number of allylic oxidation sites excluding steroid dienone is 1. The Morgan fingerprint density at radius 2 is 1.87 bits per heavy atom. The summed E-state index contributed by atoms with van der Waals surface area (Å²) in [4.78, 5) is 25.2. The van der Waals surface area contributed by atoms with Gasteiger partial charge < -0.3 is 19.5 Å². The zero-order valence-corrected chi connectivity index (χ0v) is 17.8. The SMILES string of the molecule is C=CCc1cc(C(=O)NCC(Cc2ccccc2)C(=O)OCC)cc(OC)c1OC. The summed E-state index contributed by atoms with van der Waals surface area (Å²) >= 11 is 0. The Morgan fingerprint density at radius 3 is 2.47 bits per heavy atom. The molecule has 6 nitrogen and oxygen atoms in total. The number of hydrogen-bond donors (Lipinski definition) is 1. The minimum absolute atomic E-state index is 0.164. The number of carbonyl (C=O) groups excluding carboxylic acids is 2. The normalized spacial score (nSPS) is 11.3. The lowest BCUT2D eigenvalue weighted by molar-refractivity contribution is -0.147. The molecule has 30 heavy (non-hydrogen) atoms. The summed E-state index contributed by atoms with van der Waals surface area (Å²) in [6.07, 6.45) is 2.74. The third-order valence-corrected chi connectivity index (χ3v) is 4.64. The second-order valence-corrected chi connectivity index (χ2v) is 6.71. The largest absolute Gasteiger partial charge is 0.493 e. The number of esters is 1. The van der Waals surface area contributed by atoms with Crippen LogP contribution in [0, 0.1) is 5.92 Å². The van der Waals surface area contributed by atoms with Crippen LogP contribution in [-0.4, -0.2) is 39.2 Å². The third-order valence-electron chi connectivity index (χ3n) is 4.64. The second-order valence-electron chi connectivity index (χ2n) is 6.71. The fourth-order valence-electron chi connectivity index (χ4n) is 3.20. The minimum Gasteiger partial charge on any atom is -0.493 e. The van der Waals surface area contributed by atoms with Crippen molar-refractivity contribution in [3.63, 3.8) is 0 Å². The van der Waals surface area contributed by atoms with Crippen molar-refractivity contribution in [2.24, 2.45) is 5.92 Å². The van der Waals surface area contributed by atoms with Gasteiger partial charge in [-0.3, -0.25) is 9.59 Å². The smallest absolute Gasteiger partial charge is 0.311 e. The molecule has 0 bridgehead atoms. The van der Waals surface area contributed by atoms with Gasteiger partial charge in [-0.05, 0) is 37.5 Å². The van der Waals surface area contributed by atoms with Crippen molar-refractivity contribution in [3.05, 3.63) is 71.8 Å². The Balaban J connectivity index is 2.18. The molecule has 0 saturated heterocycles. The first-order valence-corrected chi connectivity index (χ1v) is 9.88. The quantitative estimate of drug-likeness (QED) is 0.452. The highest BCUT2D eigenvalue weighted by atomic mass is 16.5. The van der Waals surface area contributed by atoms with Crippen LogP contribution in [0.3, 0.4) is 0 Å². The van der Waals surface area contributed by atoms with Gasteiger partial charge in [0, 0.05) is 17.7 Å². The van der Waals surface area contributed by atoms with Crippen LogP contribution >= 0.6 is 0 Å². The first-order valence-electron chi connectivity index (χ1n) is 9.88. The average Bonchev–Trinajstić information content (AvgIpc) is 2.76. The van der Waals surface area contributed by atoms with E-state index in [-0.39, 0.29) is 18.4 Å². The molecule has 1 N–H and O–H groups in total. The number of carbonyl (C=O) groups is 2. The van der Waals surface area contributed by atoms with Crippen LogP contribution in [0.5, 0.6) is 11.5 Å². The van der Waals surface area contributed by atoms with E-state index in [1.165, 1.54) is 7.11 Å². The highest BCUT2D eigenvalue weighted by molar-refractivity contribution is 5.95. The van der Waals surface area contributed by atoms with Gasteiger partial charge in [-0.25, -0.2) is 0 Å². The molecule has 0 saturated carbocycles. The van der Waals surface area contributed by atoms with E-state index >= 15 is 0 Å². The predicted octanol–water partition coefficient (Wildman–Crippen LogP) is 3.58. The van der Waals surface area contributed by atoms with E-state index < -0.39 is 5.92 Å². The van der Waals surface area contributed by atoms with Crippen LogP contribution in [0.4, 0.5) is 0 Å². The second kappa shape index (κ2) is 11.7. The van der Waals surface area contributed by atoms with Crippen molar-refractivity contribution in [1.29, 1.82) is 0 Å². The number of benzene rings is 2. The molecule has 0 aromatic heterocycles. The van der Waals surface area contributed by atoms with Gasteiger partial charge in [0.25, 0.3) is 5.91 Å². The fourth-order valence-corrected chi connectivity index (χ4v) is 3.20. The highest BCUT2D eigenvalue weighted by Crippen LogP contribution is 2.33. The minimum atomic E-state index is -0.482. The van der Waals surface area contributed by atoms with Gasteiger partial charge in [0.15, 0.2) is 11.5 Å². The highest BCUT2D eigenvalue weighted by Gasteiger charge is 2.22. The lowest BCUT2D eigenvalue weighted by Crippen LogP contribution is -2.35. The van der Waals surface area contributed by atoms with Gasteiger partial charge in [0.1, 0.15) is 0 Å². The maximum atomic E-state index is 12.8. The molecule has 1 atom stereocenters. The van der Waals surface area contributed by atoms with Crippen molar-refractivity contribution < 1.29 is 23.8 Å². The Labute approximate surface area is 177 Å². The molecule has 1 amide bonds. The molecule has 0 aliphatic heterocycles. The Bertz CT molecular complexity index is 863. The van der Waals surface area contributed by atoms with Crippen LogP contribution in [0.1, 0.15) is 28.4 Å². The standard InChI is InChI=1S/C24H29NO5/c1-5-10-18-14-19(15-21(28-3)22(18)29-4)23(26)25-16-20(24(27)30-6-2)13-17-11-8-7-9-12-17/h5,7-9,11-12,14-15,20H,1,6,10,13,16H2,2-4H3,(H,25,26). The number of ether oxygens (including phenoxy) is 3. The van der Waals surface area contributed by atoms with Crippen molar-refractivity contribution in [2.45, 2.75) is 19.8 Å². The molecule has 2 aromatic carbocycles. The van der Waals surface area contributed by atoms with Crippen molar-refractivity contribution in [2.75, 3.05) is 27.4 Å². The maximum Gasteiger partial charge on any atom is 0.311 e. The van der Waals surface area contributed by atoms with Gasteiger partial charge in [-0.1, -0.05) is 36.4 Å². The van der Waals surface area contributed by atoms with E-state index in [1.807, 2.05) is 30.3 Å². The topological polar surface area (TPSA) is 73.9 Å². The van der Waals surface area contributed by atoms with E-state index in [2.05, 4.69) is 11.9 Å². The fraction of sp³-hybridized carbons (Fsp3) is 0.333. The molecular weight excluding hydrogens is 382 g/mol. The van der Waals surface area contributed by atoms with Gasteiger partial charge in [0.05, 0.1) is 26.7 Å². The Morgan fingerprint density at radius 1 is 1.13 bits per heavy atom. The van der Waals surface area contributed by atoms with E-state index in [0.717, 1.165) is 11.1 Å². The average molecular weight is 411 g/mol.